The molecule has 3 aromatic rings. The Hall–Kier alpha value is -3.53. The number of thiophene rings is 1. The third kappa shape index (κ3) is 5.50. The van der Waals surface area contributed by atoms with E-state index in [1.807, 2.05) is 6.07 Å². The zero-order chi connectivity index (χ0) is 30.3. The van der Waals surface area contributed by atoms with Crippen LogP contribution >= 0.6 is 22.9 Å². The van der Waals surface area contributed by atoms with E-state index in [2.05, 4.69) is 49.4 Å². The highest BCUT2D eigenvalue weighted by atomic mass is 32.1. The maximum absolute atomic E-state index is 12.2. The number of aromatic nitrogens is 3. The standard InChI is InChI=1S/C31H38N8O2S2/c1-5-27(40)39-14-12-38(13-15-39)25-17-26(41-19(2)22-8-7-11-37(22)4)35-30(34-25)21-16-24(43-36-21)31(3)10-6-9-23-28(31)20(18-32)29(33)42-23/h5,16-17,19,22H,1,6-15,33H2,2-4H3/t19-,22-,31+/m0/s1. The first-order valence-electron chi connectivity index (χ1n) is 14.9. The van der Waals surface area contributed by atoms with Crippen molar-refractivity contribution in [3.05, 3.63) is 45.7 Å². The van der Waals surface area contributed by atoms with Crippen LogP contribution in [0.3, 0.4) is 0 Å². The molecule has 0 radical (unpaired) electrons. The van der Waals surface area contributed by atoms with E-state index in [1.54, 1.807) is 4.90 Å². The van der Waals surface area contributed by atoms with Crippen molar-refractivity contribution in [2.45, 2.75) is 63.5 Å². The summed E-state index contributed by atoms with van der Waals surface area (Å²) in [5.74, 6) is 1.74. The van der Waals surface area contributed by atoms with E-state index >= 15 is 0 Å². The van der Waals surface area contributed by atoms with Crippen LogP contribution in [0.2, 0.25) is 0 Å². The lowest BCUT2D eigenvalue weighted by Crippen LogP contribution is -2.48. The van der Waals surface area contributed by atoms with Crippen molar-refractivity contribution in [2.24, 2.45) is 0 Å². The van der Waals surface area contributed by atoms with Gasteiger partial charge in [-0.1, -0.05) is 13.5 Å². The number of nitriles is 1. The van der Waals surface area contributed by atoms with Crippen molar-refractivity contribution in [1.29, 1.82) is 5.26 Å². The summed E-state index contributed by atoms with van der Waals surface area (Å²) >= 11 is 2.98. The van der Waals surface area contributed by atoms with E-state index in [9.17, 15) is 10.1 Å². The van der Waals surface area contributed by atoms with Crippen molar-refractivity contribution >= 4 is 39.6 Å². The third-order valence-electron chi connectivity index (χ3n) is 9.24. The minimum Gasteiger partial charge on any atom is -0.473 e. The third-order valence-corrected chi connectivity index (χ3v) is 11.4. The summed E-state index contributed by atoms with van der Waals surface area (Å²) in [6.07, 6.45) is 6.47. The van der Waals surface area contributed by atoms with Crippen LogP contribution in [0.5, 0.6) is 5.88 Å². The molecule has 10 nitrogen and oxygen atoms in total. The Morgan fingerprint density at radius 1 is 1.26 bits per heavy atom. The quantitative estimate of drug-likeness (QED) is 0.382. The molecule has 3 aliphatic rings. The SMILES string of the molecule is C=CC(=O)N1CCN(c2cc(O[C@@H](C)[C@@H]3CCCN3C)nc(-c3cc([C@@]4(C)CCCc5sc(N)c(C#N)c54)sn3)n2)CC1. The molecule has 226 valence electrons. The van der Waals surface area contributed by atoms with Gasteiger partial charge < -0.3 is 20.3 Å². The molecule has 3 atom stereocenters. The average Bonchev–Trinajstić information content (AvgIpc) is 3.75. The molecule has 2 fully saturated rings. The maximum Gasteiger partial charge on any atom is 0.246 e. The molecule has 1 amide bonds. The topological polar surface area (TPSA) is 124 Å². The van der Waals surface area contributed by atoms with E-state index in [4.69, 9.17) is 24.8 Å². The van der Waals surface area contributed by atoms with Crippen LogP contribution in [0.1, 0.15) is 60.4 Å². The van der Waals surface area contributed by atoms with Crippen LogP contribution in [0, 0.1) is 11.3 Å². The smallest absolute Gasteiger partial charge is 0.246 e. The van der Waals surface area contributed by atoms with Gasteiger partial charge in [-0.3, -0.25) is 9.69 Å². The number of nitrogens with two attached hydrogens (primary N) is 1. The molecule has 0 spiro atoms. The van der Waals surface area contributed by atoms with Gasteiger partial charge in [0.1, 0.15) is 28.7 Å². The van der Waals surface area contributed by atoms with Gasteiger partial charge in [0.2, 0.25) is 11.8 Å². The molecule has 3 aromatic heterocycles. The van der Waals surface area contributed by atoms with Gasteiger partial charge in [0.05, 0.1) is 5.56 Å². The number of aryl methyl sites for hydroxylation is 1. The van der Waals surface area contributed by atoms with Gasteiger partial charge in [0, 0.05) is 53.5 Å². The monoisotopic (exact) mass is 618 g/mol. The fourth-order valence-electron chi connectivity index (χ4n) is 6.82. The Bertz CT molecular complexity index is 1570. The Kier molecular flexibility index (Phi) is 8.15. The molecule has 2 aliphatic heterocycles. The molecule has 6 rings (SSSR count). The lowest BCUT2D eigenvalue weighted by Gasteiger charge is -2.35. The van der Waals surface area contributed by atoms with Gasteiger partial charge in [0.25, 0.3) is 0 Å². The van der Waals surface area contributed by atoms with Crippen molar-refractivity contribution in [2.75, 3.05) is 50.4 Å². The number of nitrogen functional groups attached to an aromatic ring is 1. The van der Waals surface area contributed by atoms with Crippen molar-refractivity contribution < 1.29 is 9.53 Å². The molecule has 0 bridgehead atoms. The molecule has 12 heteroatoms. The van der Waals surface area contributed by atoms with Crippen LogP contribution in [0.15, 0.2) is 24.8 Å². The number of piperazine rings is 1. The maximum atomic E-state index is 12.2. The molecule has 2 saturated heterocycles. The molecule has 2 N–H and O–H groups in total. The zero-order valence-electron chi connectivity index (χ0n) is 25.0. The first-order chi connectivity index (χ1) is 20.7. The molecular formula is C31H38N8O2S2. The van der Waals surface area contributed by atoms with Crippen molar-refractivity contribution in [3.8, 4) is 23.5 Å². The highest BCUT2D eigenvalue weighted by Gasteiger charge is 2.40. The lowest BCUT2D eigenvalue weighted by molar-refractivity contribution is -0.126. The number of carbonyl (C=O) groups excluding carboxylic acids is 1. The van der Waals surface area contributed by atoms with E-state index in [0.29, 0.717) is 60.2 Å². The zero-order valence-corrected chi connectivity index (χ0v) is 26.6. The molecule has 0 saturated carbocycles. The fourth-order valence-corrected chi connectivity index (χ4v) is 8.91. The number of hydrogen-bond donors (Lipinski definition) is 1. The summed E-state index contributed by atoms with van der Waals surface area (Å²) < 4.78 is 11.3. The Morgan fingerprint density at radius 3 is 2.74 bits per heavy atom. The number of rotatable bonds is 7. The van der Waals surface area contributed by atoms with Gasteiger partial charge in [0.15, 0.2) is 5.82 Å². The normalized spacial score (nSPS) is 23.1. The Balaban J connectivity index is 1.34. The van der Waals surface area contributed by atoms with E-state index < -0.39 is 0 Å². The number of hydrogen-bond acceptors (Lipinski definition) is 11. The molecule has 43 heavy (non-hydrogen) atoms. The van der Waals surface area contributed by atoms with E-state index in [-0.39, 0.29) is 17.4 Å². The predicted molar refractivity (Wildman–Crippen MR) is 171 cm³/mol. The van der Waals surface area contributed by atoms with Crippen molar-refractivity contribution in [1.82, 2.24) is 24.1 Å². The van der Waals surface area contributed by atoms with Crippen LogP contribution in [-0.2, 0) is 16.6 Å². The summed E-state index contributed by atoms with van der Waals surface area (Å²) in [5, 5.41) is 10.5. The van der Waals surface area contributed by atoms with E-state index in [1.165, 1.54) is 33.8 Å². The van der Waals surface area contributed by atoms with Gasteiger partial charge in [-0.2, -0.15) is 14.6 Å². The van der Waals surface area contributed by atoms with Crippen LogP contribution in [0.4, 0.5) is 10.8 Å². The van der Waals surface area contributed by atoms with Crippen LogP contribution in [0.25, 0.3) is 11.5 Å². The predicted octanol–water partition coefficient (Wildman–Crippen LogP) is 4.45. The van der Waals surface area contributed by atoms with Gasteiger partial charge in [-0.05, 0) is 81.9 Å². The number of anilines is 2. The second-order valence-electron chi connectivity index (χ2n) is 11.9. The summed E-state index contributed by atoms with van der Waals surface area (Å²) in [7, 11) is 2.14. The highest BCUT2D eigenvalue weighted by Crippen LogP contribution is 2.50. The van der Waals surface area contributed by atoms with Crippen LogP contribution < -0.4 is 15.4 Å². The second-order valence-corrected chi connectivity index (χ2v) is 13.9. The Labute approximate surface area is 261 Å². The molecule has 0 aromatic carbocycles. The Morgan fingerprint density at radius 2 is 2.05 bits per heavy atom. The highest BCUT2D eigenvalue weighted by molar-refractivity contribution is 7.16. The number of ether oxygens (including phenoxy) is 1. The molecular weight excluding hydrogens is 581 g/mol. The second kappa shape index (κ2) is 11.9. The first-order valence-corrected chi connectivity index (χ1v) is 16.5. The number of fused-ring (bicyclic) bond motifs is 1. The van der Waals surface area contributed by atoms with E-state index in [0.717, 1.165) is 54.9 Å². The van der Waals surface area contributed by atoms with Crippen molar-refractivity contribution in [3.63, 3.8) is 0 Å². The molecule has 1 aliphatic carbocycles. The average molecular weight is 619 g/mol. The van der Waals surface area contributed by atoms with Crippen LogP contribution in [-0.4, -0.2) is 82.0 Å². The largest absolute Gasteiger partial charge is 0.473 e. The minimum atomic E-state index is -0.352. The van der Waals surface area contributed by atoms with Gasteiger partial charge in [-0.15, -0.1) is 11.3 Å². The summed E-state index contributed by atoms with van der Waals surface area (Å²) in [5.41, 5.74) is 8.27. The molecule has 0 unspecified atom stereocenters. The number of amides is 1. The minimum absolute atomic E-state index is 0.0378. The first kappa shape index (κ1) is 29.5. The molecule has 5 heterocycles. The van der Waals surface area contributed by atoms with Gasteiger partial charge >= 0.3 is 0 Å². The summed E-state index contributed by atoms with van der Waals surface area (Å²) in [6.45, 7) is 11.5. The van der Waals surface area contributed by atoms with Gasteiger partial charge in [-0.25, -0.2) is 4.98 Å². The summed E-state index contributed by atoms with van der Waals surface area (Å²) in [4.78, 5) is 30.6. The lowest BCUT2D eigenvalue weighted by atomic mass is 9.71. The fraction of sp³-hybridized carbons (Fsp3) is 0.516. The number of nitrogens with zero attached hydrogens (tertiary/aromatic N) is 7. The summed E-state index contributed by atoms with van der Waals surface area (Å²) in [6, 6.07) is 6.68. The number of likely N-dealkylation sites (N-methyl/N-ethyl adjacent to an activating group) is 1. The number of likely N-dealkylation sites (tertiary alicyclic amines) is 1. The number of carbonyl (C=O) groups is 1.